The maximum atomic E-state index is 4.60. The van der Waals surface area contributed by atoms with Gasteiger partial charge in [0.05, 0.1) is 5.69 Å². The third kappa shape index (κ3) is 4.55. The van der Waals surface area contributed by atoms with Gasteiger partial charge in [-0.2, -0.15) is 0 Å². The summed E-state index contributed by atoms with van der Waals surface area (Å²) in [5.74, 6) is 2.66. The highest BCUT2D eigenvalue weighted by Crippen LogP contribution is 2.26. The number of nitrogens with zero attached hydrogens (tertiary/aromatic N) is 2. The predicted octanol–water partition coefficient (Wildman–Crippen LogP) is 4.23. The second kappa shape index (κ2) is 6.97. The van der Waals surface area contributed by atoms with Crippen LogP contribution in [0.2, 0.25) is 0 Å². The van der Waals surface area contributed by atoms with E-state index in [2.05, 4.69) is 41.8 Å². The number of imidazole rings is 1. The summed E-state index contributed by atoms with van der Waals surface area (Å²) in [7, 11) is 0. The van der Waals surface area contributed by atoms with Gasteiger partial charge in [-0.25, -0.2) is 4.98 Å². The summed E-state index contributed by atoms with van der Waals surface area (Å²) < 4.78 is 2.26. The molecule has 1 aromatic heterocycles. The van der Waals surface area contributed by atoms with E-state index in [0.29, 0.717) is 5.92 Å². The van der Waals surface area contributed by atoms with Crippen LogP contribution < -0.4 is 5.32 Å². The number of hydrogen-bond acceptors (Lipinski definition) is 2. The lowest BCUT2D eigenvalue weighted by Crippen LogP contribution is -2.15. The minimum atomic E-state index is 0.660. The van der Waals surface area contributed by atoms with Crippen molar-refractivity contribution in [2.75, 3.05) is 11.9 Å². The van der Waals surface area contributed by atoms with Gasteiger partial charge in [0.25, 0.3) is 0 Å². The van der Waals surface area contributed by atoms with E-state index in [1.165, 1.54) is 38.5 Å². The first-order valence-electron chi connectivity index (χ1n) is 7.93. The number of anilines is 1. The van der Waals surface area contributed by atoms with Gasteiger partial charge in [-0.1, -0.05) is 46.0 Å². The van der Waals surface area contributed by atoms with E-state index in [4.69, 9.17) is 0 Å². The van der Waals surface area contributed by atoms with Crippen LogP contribution in [0.4, 0.5) is 5.95 Å². The third-order valence-corrected chi connectivity index (χ3v) is 4.02. The lowest BCUT2D eigenvalue weighted by atomic mass is 9.87. The quantitative estimate of drug-likeness (QED) is 0.832. The first-order chi connectivity index (χ1) is 9.15. The number of aryl methyl sites for hydroxylation is 1. The van der Waals surface area contributed by atoms with Crippen molar-refractivity contribution in [3.05, 3.63) is 11.9 Å². The van der Waals surface area contributed by atoms with Crippen LogP contribution in [0, 0.1) is 18.8 Å². The average molecular weight is 263 g/mol. The van der Waals surface area contributed by atoms with Crippen molar-refractivity contribution in [1.82, 2.24) is 9.55 Å². The molecule has 1 aromatic rings. The lowest BCUT2D eigenvalue weighted by Gasteiger charge is -2.21. The summed E-state index contributed by atoms with van der Waals surface area (Å²) in [4.78, 5) is 4.60. The maximum absolute atomic E-state index is 4.60. The monoisotopic (exact) mass is 263 g/mol. The molecule has 19 heavy (non-hydrogen) atoms. The summed E-state index contributed by atoms with van der Waals surface area (Å²) in [5, 5.41) is 3.54. The van der Waals surface area contributed by atoms with E-state index >= 15 is 0 Å². The van der Waals surface area contributed by atoms with Gasteiger partial charge in [0.2, 0.25) is 5.95 Å². The zero-order chi connectivity index (χ0) is 13.7. The fraction of sp³-hybridized carbons (Fsp3) is 0.812. The molecule has 0 unspecified atom stereocenters. The molecule has 3 nitrogen and oxygen atoms in total. The summed E-state index contributed by atoms with van der Waals surface area (Å²) in [6, 6.07) is 0. The first kappa shape index (κ1) is 14.4. The van der Waals surface area contributed by atoms with E-state index in [9.17, 15) is 0 Å². The minimum absolute atomic E-state index is 0.660. The Morgan fingerprint density at radius 2 is 2.05 bits per heavy atom. The molecule has 0 bridgehead atoms. The second-order valence-corrected chi connectivity index (χ2v) is 6.47. The van der Waals surface area contributed by atoms with Crippen molar-refractivity contribution >= 4 is 5.95 Å². The minimum Gasteiger partial charge on any atom is -0.356 e. The summed E-state index contributed by atoms with van der Waals surface area (Å²) in [5.41, 5.74) is 1.11. The number of aromatic nitrogens is 2. The van der Waals surface area contributed by atoms with E-state index in [0.717, 1.165) is 30.6 Å². The van der Waals surface area contributed by atoms with Gasteiger partial charge in [0.1, 0.15) is 0 Å². The molecule has 0 saturated heterocycles. The summed E-state index contributed by atoms with van der Waals surface area (Å²) >= 11 is 0. The molecule has 1 saturated carbocycles. The van der Waals surface area contributed by atoms with Crippen LogP contribution in [0.5, 0.6) is 0 Å². The Kier molecular flexibility index (Phi) is 5.29. The first-order valence-corrected chi connectivity index (χ1v) is 7.93. The summed E-state index contributed by atoms with van der Waals surface area (Å²) in [6.07, 6.45) is 10.6. The van der Waals surface area contributed by atoms with E-state index in [1.54, 1.807) is 0 Å². The molecule has 0 atom stereocenters. The van der Waals surface area contributed by atoms with Gasteiger partial charge in [0, 0.05) is 19.3 Å². The normalized spacial score (nSPS) is 17.1. The molecule has 108 valence electrons. The van der Waals surface area contributed by atoms with Crippen LogP contribution in [-0.4, -0.2) is 16.1 Å². The highest BCUT2D eigenvalue weighted by atomic mass is 15.2. The van der Waals surface area contributed by atoms with Crippen molar-refractivity contribution in [2.45, 2.75) is 65.8 Å². The fourth-order valence-corrected chi connectivity index (χ4v) is 3.08. The highest BCUT2D eigenvalue weighted by molar-refractivity contribution is 5.28. The largest absolute Gasteiger partial charge is 0.356 e. The van der Waals surface area contributed by atoms with E-state index in [1.807, 2.05) is 0 Å². The van der Waals surface area contributed by atoms with Crippen molar-refractivity contribution in [3.63, 3.8) is 0 Å². The Balaban J connectivity index is 1.81. The lowest BCUT2D eigenvalue weighted by molar-refractivity contribution is 0.345. The second-order valence-electron chi connectivity index (χ2n) is 6.47. The Morgan fingerprint density at radius 1 is 1.32 bits per heavy atom. The number of nitrogens with one attached hydrogen (secondary N) is 1. The molecular formula is C16H29N3. The maximum Gasteiger partial charge on any atom is 0.203 e. The van der Waals surface area contributed by atoms with Crippen LogP contribution in [-0.2, 0) is 6.54 Å². The molecule has 1 aliphatic rings. The Labute approximate surface area is 117 Å². The van der Waals surface area contributed by atoms with Crippen LogP contribution >= 0.6 is 0 Å². The van der Waals surface area contributed by atoms with Crippen LogP contribution in [0.1, 0.15) is 58.1 Å². The SMILES string of the molecule is Cc1cn(CC(C)C)c(NCCC2CCCCC2)n1. The smallest absolute Gasteiger partial charge is 0.203 e. The average Bonchev–Trinajstić information content (AvgIpc) is 2.70. The number of hydrogen-bond donors (Lipinski definition) is 1. The molecule has 1 heterocycles. The standard InChI is InChI=1S/C16H29N3/c1-13(2)11-19-12-14(3)18-16(19)17-10-9-15-7-5-4-6-8-15/h12-13,15H,4-11H2,1-3H3,(H,17,18). The Hall–Kier alpha value is -0.990. The van der Waals surface area contributed by atoms with E-state index < -0.39 is 0 Å². The highest BCUT2D eigenvalue weighted by Gasteiger charge is 2.13. The van der Waals surface area contributed by atoms with Crippen molar-refractivity contribution in [2.24, 2.45) is 11.8 Å². The molecule has 3 heteroatoms. The molecule has 1 fully saturated rings. The van der Waals surface area contributed by atoms with Crippen molar-refractivity contribution in [3.8, 4) is 0 Å². The summed E-state index contributed by atoms with van der Waals surface area (Å²) in [6.45, 7) is 8.69. The molecule has 0 amide bonds. The van der Waals surface area contributed by atoms with Gasteiger partial charge >= 0.3 is 0 Å². The fourth-order valence-electron chi connectivity index (χ4n) is 3.08. The van der Waals surface area contributed by atoms with Crippen LogP contribution in [0.25, 0.3) is 0 Å². The molecule has 0 aromatic carbocycles. The molecule has 0 aliphatic heterocycles. The molecule has 2 rings (SSSR count). The van der Waals surface area contributed by atoms with Crippen LogP contribution in [0.15, 0.2) is 6.20 Å². The van der Waals surface area contributed by atoms with Gasteiger partial charge in [-0.3, -0.25) is 0 Å². The van der Waals surface area contributed by atoms with Gasteiger partial charge in [-0.15, -0.1) is 0 Å². The zero-order valence-corrected chi connectivity index (χ0v) is 12.8. The molecule has 0 radical (unpaired) electrons. The third-order valence-electron chi connectivity index (χ3n) is 4.02. The van der Waals surface area contributed by atoms with Gasteiger partial charge < -0.3 is 9.88 Å². The predicted molar refractivity (Wildman–Crippen MR) is 81.5 cm³/mol. The topological polar surface area (TPSA) is 29.9 Å². The van der Waals surface area contributed by atoms with Gasteiger partial charge in [0.15, 0.2) is 0 Å². The van der Waals surface area contributed by atoms with Crippen LogP contribution in [0.3, 0.4) is 0 Å². The number of rotatable bonds is 6. The van der Waals surface area contributed by atoms with E-state index in [-0.39, 0.29) is 0 Å². The molecule has 1 N–H and O–H groups in total. The Morgan fingerprint density at radius 3 is 2.74 bits per heavy atom. The Bertz CT molecular complexity index is 375. The van der Waals surface area contributed by atoms with Crippen molar-refractivity contribution in [1.29, 1.82) is 0 Å². The molecular weight excluding hydrogens is 234 g/mol. The molecule has 1 aliphatic carbocycles. The zero-order valence-electron chi connectivity index (χ0n) is 12.8. The molecule has 0 spiro atoms. The van der Waals surface area contributed by atoms with Crippen molar-refractivity contribution < 1.29 is 0 Å². The van der Waals surface area contributed by atoms with Gasteiger partial charge in [-0.05, 0) is 25.2 Å².